The maximum absolute atomic E-state index is 5.47. The molecule has 1 N–H and O–H groups in total. The Bertz CT molecular complexity index is 299. The number of anilines is 1. The summed E-state index contributed by atoms with van der Waals surface area (Å²) < 4.78 is 10.7. The predicted molar refractivity (Wildman–Crippen MR) is 69.6 cm³/mol. The summed E-state index contributed by atoms with van der Waals surface area (Å²) in [6.07, 6.45) is 1.77. The quantitative estimate of drug-likeness (QED) is 0.707. The van der Waals surface area contributed by atoms with Gasteiger partial charge in [0, 0.05) is 19.2 Å². The van der Waals surface area contributed by atoms with Gasteiger partial charge in [0.25, 0.3) is 0 Å². The van der Waals surface area contributed by atoms with Crippen molar-refractivity contribution >= 4 is 5.69 Å². The van der Waals surface area contributed by atoms with Gasteiger partial charge in [0.05, 0.1) is 25.1 Å². The summed E-state index contributed by atoms with van der Waals surface area (Å²) in [6, 6.07) is 3.82. The van der Waals surface area contributed by atoms with Gasteiger partial charge in [-0.1, -0.05) is 13.8 Å². The molecule has 0 aliphatic rings. The van der Waals surface area contributed by atoms with Crippen LogP contribution in [0.25, 0.3) is 0 Å². The number of pyridine rings is 1. The second-order valence-corrected chi connectivity index (χ2v) is 4.21. The summed E-state index contributed by atoms with van der Waals surface area (Å²) >= 11 is 0. The highest BCUT2D eigenvalue weighted by atomic mass is 16.5. The number of hydrogen-bond acceptors (Lipinski definition) is 4. The van der Waals surface area contributed by atoms with E-state index in [2.05, 4.69) is 24.1 Å². The van der Waals surface area contributed by atoms with E-state index >= 15 is 0 Å². The van der Waals surface area contributed by atoms with E-state index in [9.17, 15) is 0 Å². The summed E-state index contributed by atoms with van der Waals surface area (Å²) in [5, 5.41) is 3.24. The number of aromatic nitrogens is 1. The lowest BCUT2D eigenvalue weighted by molar-refractivity contribution is 0.118. The van der Waals surface area contributed by atoms with Crippen molar-refractivity contribution in [1.82, 2.24) is 4.98 Å². The topological polar surface area (TPSA) is 43.4 Å². The molecule has 0 aliphatic heterocycles. The molecule has 0 bridgehead atoms. The highest BCUT2D eigenvalue weighted by Gasteiger charge is 1.96. The van der Waals surface area contributed by atoms with Gasteiger partial charge in [0.1, 0.15) is 0 Å². The van der Waals surface area contributed by atoms with E-state index < -0.39 is 0 Å². The fraction of sp³-hybridized carbons (Fsp3) is 0.615. The molecule has 1 heterocycles. The number of nitrogens with one attached hydrogen (secondary N) is 1. The molecule has 0 aliphatic carbocycles. The normalized spacial score (nSPS) is 10.6. The molecule has 0 unspecified atom stereocenters. The van der Waals surface area contributed by atoms with Gasteiger partial charge < -0.3 is 14.8 Å². The van der Waals surface area contributed by atoms with Crippen LogP contribution in [0.5, 0.6) is 5.88 Å². The minimum atomic E-state index is 0.585. The summed E-state index contributed by atoms with van der Waals surface area (Å²) in [5.74, 6) is 1.25. The van der Waals surface area contributed by atoms with E-state index in [1.807, 2.05) is 19.1 Å². The SMILES string of the molecule is CCOc1ccc(NCCOCC(C)C)cn1. The third kappa shape index (κ3) is 6.12. The molecule has 1 aromatic rings. The van der Waals surface area contributed by atoms with Crippen LogP contribution in [0, 0.1) is 5.92 Å². The van der Waals surface area contributed by atoms with Crippen LogP contribution in [-0.4, -0.2) is 31.3 Å². The molecule has 0 spiro atoms. The third-order valence-corrected chi connectivity index (χ3v) is 2.06. The van der Waals surface area contributed by atoms with Crippen molar-refractivity contribution in [3.05, 3.63) is 18.3 Å². The monoisotopic (exact) mass is 238 g/mol. The van der Waals surface area contributed by atoms with Crippen molar-refractivity contribution in [1.29, 1.82) is 0 Å². The highest BCUT2D eigenvalue weighted by Crippen LogP contribution is 2.10. The van der Waals surface area contributed by atoms with Crippen LogP contribution in [0.15, 0.2) is 18.3 Å². The molecule has 0 radical (unpaired) electrons. The Kier molecular flexibility index (Phi) is 6.40. The Labute approximate surface area is 103 Å². The molecule has 1 aromatic heterocycles. The first kappa shape index (κ1) is 13.8. The van der Waals surface area contributed by atoms with Crippen LogP contribution in [0.3, 0.4) is 0 Å². The van der Waals surface area contributed by atoms with E-state index in [4.69, 9.17) is 9.47 Å². The number of hydrogen-bond donors (Lipinski definition) is 1. The number of ether oxygens (including phenoxy) is 2. The lowest BCUT2D eigenvalue weighted by Crippen LogP contribution is -2.12. The van der Waals surface area contributed by atoms with Gasteiger partial charge in [-0.2, -0.15) is 0 Å². The molecule has 0 atom stereocenters. The average Bonchev–Trinajstić information content (AvgIpc) is 2.31. The Morgan fingerprint density at radius 3 is 2.76 bits per heavy atom. The van der Waals surface area contributed by atoms with Gasteiger partial charge in [-0.3, -0.25) is 0 Å². The molecular formula is C13H22N2O2. The van der Waals surface area contributed by atoms with E-state index in [0.717, 1.165) is 18.8 Å². The Hall–Kier alpha value is -1.29. The third-order valence-electron chi connectivity index (χ3n) is 2.06. The molecule has 0 saturated carbocycles. The maximum Gasteiger partial charge on any atom is 0.213 e. The molecule has 0 aromatic carbocycles. The zero-order valence-electron chi connectivity index (χ0n) is 10.9. The van der Waals surface area contributed by atoms with Crippen LogP contribution in [0.2, 0.25) is 0 Å². The standard InChI is InChI=1S/C13H22N2O2/c1-4-17-13-6-5-12(9-15-13)14-7-8-16-10-11(2)3/h5-6,9,11,14H,4,7-8,10H2,1-3H3. The molecule has 96 valence electrons. The van der Waals surface area contributed by atoms with Gasteiger partial charge in [-0.05, 0) is 18.9 Å². The van der Waals surface area contributed by atoms with E-state index in [0.29, 0.717) is 25.0 Å². The van der Waals surface area contributed by atoms with Gasteiger partial charge in [0.15, 0.2) is 0 Å². The zero-order chi connectivity index (χ0) is 12.5. The average molecular weight is 238 g/mol. The first-order valence-corrected chi connectivity index (χ1v) is 6.12. The molecule has 4 nitrogen and oxygen atoms in total. The predicted octanol–water partition coefficient (Wildman–Crippen LogP) is 2.56. The van der Waals surface area contributed by atoms with Gasteiger partial charge >= 0.3 is 0 Å². The van der Waals surface area contributed by atoms with Crippen molar-refractivity contribution in [3.63, 3.8) is 0 Å². The lowest BCUT2D eigenvalue weighted by Gasteiger charge is -2.09. The number of nitrogens with zero attached hydrogens (tertiary/aromatic N) is 1. The van der Waals surface area contributed by atoms with E-state index in [1.54, 1.807) is 6.20 Å². The van der Waals surface area contributed by atoms with Crippen LogP contribution < -0.4 is 10.1 Å². The van der Waals surface area contributed by atoms with Gasteiger partial charge in [-0.25, -0.2) is 4.98 Å². The second kappa shape index (κ2) is 7.90. The fourth-order valence-electron chi connectivity index (χ4n) is 1.30. The summed E-state index contributed by atoms with van der Waals surface area (Å²) in [6.45, 7) is 9.19. The minimum absolute atomic E-state index is 0.585. The first-order valence-electron chi connectivity index (χ1n) is 6.12. The van der Waals surface area contributed by atoms with Crippen LogP contribution in [0.1, 0.15) is 20.8 Å². The Morgan fingerprint density at radius 2 is 2.18 bits per heavy atom. The maximum atomic E-state index is 5.47. The van der Waals surface area contributed by atoms with Crippen LogP contribution >= 0.6 is 0 Å². The summed E-state index contributed by atoms with van der Waals surface area (Å²) in [4.78, 5) is 4.17. The van der Waals surface area contributed by atoms with Crippen molar-refractivity contribution < 1.29 is 9.47 Å². The second-order valence-electron chi connectivity index (χ2n) is 4.21. The molecule has 0 fully saturated rings. The summed E-state index contributed by atoms with van der Waals surface area (Å²) in [5.41, 5.74) is 0.988. The smallest absolute Gasteiger partial charge is 0.213 e. The van der Waals surface area contributed by atoms with E-state index in [1.165, 1.54) is 0 Å². The Morgan fingerprint density at radius 1 is 1.35 bits per heavy atom. The molecule has 17 heavy (non-hydrogen) atoms. The minimum Gasteiger partial charge on any atom is -0.478 e. The molecular weight excluding hydrogens is 216 g/mol. The van der Waals surface area contributed by atoms with Crippen molar-refractivity contribution in [3.8, 4) is 5.88 Å². The van der Waals surface area contributed by atoms with Gasteiger partial charge in [0.2, 0.25) is 5.88 Å². The fourth-order valence-corrected chi connectivity index (χ4v) is 1.30. The molecule has 1 rings (SSSR count). The van der Waals surface area contributed by atoms with Crippen molar-refractivity contribution in [2.24, 2.45) is 5.92 Å². The van der Waals surface area contributed by atoms with E-state index in [-0.39, 0.29) is 0 Å². The molecule has 0 saturated heterocycles. The van der Waals surface area contributed by atoms with Crippen LogP contribution in [0.4, 0.5) is 5.69 Å². The highest BCUT2D eigenvalue weighted by molar-refractivity contribution is 5.41. The zero-order valence-corrected chi connectivity index (χ0v) is 10.9. The Balaban J connectivity index is 2.18. The number of rotatable bonds is 8. The lowest BCUT2D eigenvalue weighted by atomic mass is 10.2. The van der Waals surface area contributed by atoms with Crippen molar-refractivity contribution in [2.45, 2.75) is 20.8 Å². The van der Waals surface area contributed by atoms with Crippen LogP contribution in [-0.2, 0) is 4.74 Å². The molecule has 0 amide bonds. The van der Waals surface area contributed by atoms with Gasteiger partial charge in [-0.15, -0.1) is 0 Å². The first-order chi connectivity index (χ1) is 8.22. The van der Waals surface area contributed by atoms with Crippen molar-refractivity contribution in [2.75, 3.05) is 31.7 Å². The largest absolute Gasteiger partial charge is 0.478 e. The summed E-state index contributed by atoms with van der Waals surface area (Å²) in [7, 11) is 0. The molecule has 4 heteroatoms.